The molecule has 8 heteroatoms. The summed E-state index contributed by atoms with van der Waals surface area (Å²) in [6, 6.07) is 1.53. The van der Waals surface area contributed by atoms with Gasteiger partial charge in [-0.3, -0.25) is 10.2 Å². The number of carbonyl (C=O) groups is 1. The second-order valence-corrected chi connectivity index (χ2v) is 3.57. The van der Waals surface area contributed by atoms with Crippen LogP contribution in [0.2, 0.25) is 0 Å². The molecule has 8 N–H and O–H groups in total. The van der Waals surface area contributed by atoms with E-state index >= 15 is 0 Å². The standard InChI is InChI=1S/C10H15N3O5/c11-6(4-14)10(18)13-12-3-5-1-2-7(15)9(17)8(5)16/h1-2,6,12,14-17H,3-4,11H2,(H,13,18)/t6-/m1/s1. The molecule has 1 amide bonds. The first-order valence-electron chi connectivity index (χ1n) is 5.09. The summed E-state index contributed by atoms with van der Waals surface area (Å²) < 4.78 is 0. The number of nitrogens with two attached hydrogens (primary N) is 1. The van der Waals surface area contributed by atoms with Gasteiger partial charge < -0.3 is 26.2 Å². The number of benzene rings is 1. The molecule has 1 atom stereocenters. The summed E-state index contributed by atoms with van der Waals surface area (Å²) in [5, 5.41) is 36.4. The molecule has 0 aliphatic carbocycles. The Hall–Kier alpha value is -2.03. The van der Waals surface area contributed by atoms with Crippen molar-refractivity contribution < 1.29 is 25.2 Å². The summed E-state index contributed by atoms with van der Waals surface area (Å²) in [6.07, 6.45) is 0. The summed E-state index contributed by atoms with van der Waals surface area (Å²) in [6.45, 7) is -0.484. The minimum atomic E-state index is -1.04. The normalized spacial score (nSPS) is 12.1. The lowest BCUT2D eigenvalue weighted by Gasteiger charge is -2.12. The van der Waals surface area contributed by atoms with Crippen molar-refractivity contribution in [2.24, 2.45) is 5.73 Å². The van der Waals surface area contributed by atoms with E-state index in [1.54, 1.807) is 0 Å². The molecule has 0 bridgehead atoms. The molecule has 0 heterocycles. The van der Waals surface area contributed by atoms with Crippen LogP contribution in [0.25, 0.3) is 0 Å². The molecule has 0 aliphatic heterocycles. The molecule has 0 aliphatic rings. The van der Waals surface area contributed by atoms with Gasteiger partial charge in [0.05, 0.1) is 6.61 Å². The first kappa shape index (κ1) is 14.0. The van der Waals surface area contributed by atoms with E-state index in [0.29, 0.717) is 0 Å². The van der Waals surface area contributed by atoms with E-state index in [4.69, 9.17) is 15.9 Å². The Bertz CT molecular complexity index is 438. The average molecular weight is 257 g/mol. The molecule has 1 aromatic carbocycles. The van der Waals surface area contributed by atoms with Gasteiger partial charge in [-0.1, -0.05) is 6.07 Å². The first-order chi connectivity index (χ1) is 8.47. The third kappa shape index (κ3) is 3.23. The van der Waals surface area contributed by atoms with Crippen LogP contribution in [0.15, 0.2) is 12.1 Å². The fourth-order valence-electron chi connectivity index (χ4n) is 1.16. The van der Waals surface area contributed by atoms with E-state index in [2.05, 4.69) is 10.9 Å². The van der Waals surface area contributed by atoms with Crippen LogP contribution in [-0.2, 0) is 11.3 Å². The molecule has 0 radical (unpaired) electrons. The van der Waals surface area contributed by atoms with E-state index in [9.17, 15) is 15.0 Å². The molecule has 0 spiro atoms. The second-order valence-electron chi connectivity index (χ2n) is 3.57. The number of phenols is 3. The number of carbonyl (C=O) groups excluding carboxylic acids is 1. The van der Waals surface area contributed by atoms with Crippen LogP contribution in [0, 0.1) is 0 Å². The molecule has 8 nitrogen and oxygen atoms in total. The van der Waals surface area contributed by atoms with Crippen LogP contribution < -0.4 is 16.6 Å². The number of aliphatic hydroxyl groups is 1. The molecule has 0 aromatic heterocycles. The highest BCUT2D eigenvalue weighted by molar-refractivity contribution is 5.81. The molecule has 0 saturated heterocycles. The Morgan fingerprint density at radius 1 is 1.28 bits per heavy atom. The van der Waals surface area contributed by atoms with Crippen LogP contribution in [0.3, 0.4) is 0 Å². The summed E-state index contributed by atoms with van der Waals surface area (Å²) in [5.74, 6) is -2.17. The molecule has 100 valence electrons. The zero-order valence-corrected chi connectivity index (χ0v) is 9.42. The highest BCUT2D eigenvalue weighted by atomic mass is 16.3. The Labute approximate surface area is 103 Å². The lowest BCUT2D eigenvalue weighted by molar-refractivity contribution is -0.124. The van der Waals surface area contributed by atoms with Crippen molar-refractivity contribution in [2.75, 3.05) is 6.61 Å². The number of aliphatic hydroxyl groups excluding tert-OH is 1. The lowest BCUT2D eigenvalue weighted by Crippen LogP contribution is -2.48. The fourth-order valence-corrected chi connectivity index (χ4v) is 1.16. The topological polar surface area (TPSA) is 148 Å². The summed E-state index contributed by atoms with van der Waals surface area (Å²) in [7, 11) is 0. The quantitative estimate of drug-likeness (QED) is 0.244. The average Bonchev–Trinajstić information content (AvgIpc) is 2.37. The van der Waals surface area contributed by atoms with E-state index in [-0.39, 0.29) is 12.1 Å². The zero-order chi connectivity index (χ0) is 13.7. The van der Waals surface area contributed by atoms with Gasteiger partial charge >= 0.3 is 0 Å². The SMILES string of the molecule is N[C@H](CO)C(=O)NNCc1ccc(O)c(O)c1O. The van der Waals surface area contributed by atoms with Crippen molar-refractivity contribution >= 4 is 5.91 Å². The summed E-state index contributed by atoms with van der Waals surface area (Å²) in [4.78, 5) is 11.2. The predicted molar refractivity (Wildman–Crippen MR) is 61.5 cm³/mol. The maximum Gasteiger partial charge on any atom is 0.253 e. The van der Waals surface area contributed by atoms with Crippen LogP contribution >= 0.6 is 0 Å². The number of nitrogens with one attached hydrogen (secondary N) is 2. The Morgan fingerprint density at radius 3 is 2.56 bits per heavy atom. The highest BCUT2D eigenvalue weighted by Gasteiger charge is 2.13. The van der Waals surface area contributed by atoms with Crippen molar-refractivity contribution in [2.45, 2.75) is 12.6 Å². The van der Waals surface area contributed by atoms with Gasteiger partial charge in [-0.25, -0.2) is 5.43 Å². The third-order valence-electron chi connectivity index (χ3n) is 2.24. The van der Waals surface area contributed by atoms with Crippen molar-refractivity contribution in [3.05, 3.63) is 17.7 Å². The van der Waals surface area contributed by atoms with Gasteiger partial charge in [0.1, 0.15) is 6.04 Å². The fraction of sp³-hybridized carbons (Fsp3) is 0.300. The molecule has 1 aromatic rings. The van der Waals surface area contributed by atoms with Gasteiger partial charge in [0.2, 0.25) is 5.75 Å². The number of amides is 1. The Morgan fingerprint density at radius 2 is 1.94 bits per heavy atom. The van der Waals surface area contributed by atoms with E-state index < -0.39 is 35.8 Å². The largest absolute Gasteiger partial charge is 0.504 e. The number of hydrogen-bond acceptors (Lipinski definition) is 7. The minimum Gasteiger partial charge on any atom is -0.504 e. The predicted octanol–water partition coefficient (Wildman–Crippen LogP) is -1.76. The number of hydrazine groups is 1. The van der Waals surface area contributed by atoms with Crippen molar-refractivity contribution in [3.8, 4) is 17.2 Å². The van der Waals surface area contributed by atoms with Crippen LogP contribution in [0.1, 0.15) is 5.56 Å². The number of rotatable bonds is 5. The van der Waals surface area contributed by atoms with Crippen LogP contribution in [0.5, 0.6) is 17.2 Å². The minimum absolute atomic E-state index is 0.00353. The van der Waals surface area contributed by atoms with E-state index in [0.717, 1.165) is 0 Å². The Balaban J connectivity index is 2.55. The lowest BCUT2D eigenvalue weighted by atomic mass is 10.2. The summed E-state index contributed by atoms with van der Waals surface area (Å²) in [5.41, 5.74) is 10.2. The highest BCUT2D eigenvalue weighted by Crippen LogP contribution is 2.36. The van der Waals surface area contributed by atoms with Gasteiger partial charge in [-0.2, -0.15) is 0 Å². The van der Waals surface area contributed by atoms with Gasteiger partial charge in [0.15, 0.2) is 11.5 Å². The van der Waals surface area contributed by atoms with Crippen molar-refractivity contribution in [3.63, 3.8) is 0 Å². The smallest absolute Gasteiger partial charge is 0.253 e. The van der Waals surface area contributed by atoms with Crippen molar-refractivity contribution in [1.82, 2.24) is 10.9 Å². The zero-order valence-electron chi connectivity index (χ0n) is 9.42. The third-order valence-corrected chi connectivity index (χ3v) is 2.24. The molecule has 1 rings (SSSR count). The molecule has 0 fully saturated rings. The van der Waals surface area contributed by atoms with Gasteiger partial charge in [-0.15, -0.1) is 0 Å². The van der Waals surface area contributed by atoms with Gasteiger partial charge in [-0.05, 0) is 6.07 Å². The van der Waals surface area contributed by atoms with Gasteiger partial charge in [0.25, 0.3) is 5.91 Å². The number of phenolic OH excluding ortho intramolecular Hbond substituents is 3. The molecule has 18 heavy (non-hydrogen) atoms. The van der Waals surface area contributed by atoms with Crippen LogP contribution in [-0.4, -0.2) is 39.0 Å². The number of hydrogen-bond donors (Lipinski definition) is 7. The molecule has 0 saturated carbocycles. The summed E-state index contributed by atoms with van der Waals surface area (Å²) >= 11 is 0. The van der Waals surface area contributed by atoms with Crippen molar-refractivity contribution in [1.29, 1.82) is 0 Å². The molecule has 0 unspecified atom stereocenters. The maximum absolute atomic E-state index is 11.2. The second kappa shape index (κ2) is 6.05. The van der Waals surface area contributed by atoms with E-state index in [1.807, 2.05) is 0 Å². The van der Waals surface area contributed by atoms with E-state index in [1.165, 1.54) is 12.1 Å². The van der Waals surface area contributed by atoms with Gasteiger partial charge in [0, 0.05) is 12.1 Å². The van der Waals surface area contributed by atoms with Crippen LogP contribution in [0.4, 0.5) is 0 Å². The number of aromatic hydroxyl groups is 3. The first-order valence-corrected chi connectivity index (χ1v) is 5.09. The Kier molecular flexibility index (Phi) is 4.72. The monoisotopic (exact) mass is 257 g/mol. The molecular formula is C10H15N3O5. The molecular weight excluding hydrogens is 242 g/mol. The maximum atomic E-state index is 11.2.